The number of hydrogen-bond donors (Lipinski definition) is 1. The van der Waals surface area contributed by atoms with Crippen LogP contribution in [0.25, 0.3) is 0 Å². The fourth-order valence-electron chi connectivity index (χ4n) is 2.42. The van der Waals surface area contributed by atoms with Crippen molar-refractivity contribution in [1.29, 1.82) is 0 Å². The van der Waals surface area contributed by atoms with E-state index in [1.165, 1.54) is 0 Å². The van der Waals surface area contributed by atoms with Gasteiger partial charge in [0, 0.05) is 23.7 Å². The van der Waals surface area contributed by atoms with E-state index < -0.39 is 0 Å². The van der Waals surface area contributed by atoms with E-state index in [9.17, 15) is 4.79 Å². The van der Waals surface area contributed by atoms with Crippen LogP contribution in [0.15, 0.2) is 36.4 Å². The van der Waals surface area contributed by atoms with Gasteiger partial charge in [0.1, 0.15) is 0 Å². The van der Waals surface area contributed by atoms with Crippen LogP contribution in [0, 0.1) is 13.8 Å². The van der Waals surface area contributed by atoms with E-state index in [1.54, 1.807) is 0 Å². The molecule has 4 heteroatoms. The van der Waals surface area contributed by atoms with Gasteiger partial charge in [0.15, 0.2) is 11.5 Å². The first-order valence-corrected chi connectivity index (χ1v) is 7.42. The molecule has 0 radical (unpaired) electrons. The number of fused-ring (bicyclic) bond motifs is 1. The molecule has 4 nitrogen and oxygen atoms in total. The monoisotopic (exact) mass is 297 g/mol. The second kappa shape index (κ2) is 6.10. The second-order valence-electron chi connectivity index (χ2n) is 5.48. The molecule has 0 saturated carbocycles. The van der Waals surface area contributed by atoms with Crippen molar-refractivity contribution in [3.05, 3.63) is 53.1 Å². The van der Waals surface area contributed by atoms with Gasteiger partial charge in [0.25, 0.3) is 5.91 Å². The highest BCUT2D eigenvalue weighted by Crippen LogP contribution is 2.32. The largest absolute Gasteiger partial charge is 0.490 e. The molecular weight excluding hydrogens is 278 g/mol. The van der Waals surface area contributed by atoms with Crippen LogP contribution in [-0.4, -0.2) is 19.1 Å². The van der Waals surface area contributed by atoms with Crippen LogP contribution in [0.2, 0.25) is 0 Å². The molecule has 114 valence electrons. The summed E-state index contributed by atoms with van der Waals surface area (Å²) in [7, 11) is 0. The first-order valence-electron chi connectivity index (χ1n) is 7.42. The molecule has 1 N–H and O–H groups in total. The van der Waals surface area contributed by atoms with Gasteiger partial charge in [-0.2, -0.15) is 0 Å². The predicted octanol–water partition coefficient (Wildman–Crippen LogP) is 3.72. The molecule has 0 fully saturated rings. The van der Waals surface area contributed by atoms with Crippen LogP contribution >= 0.6 is 0 Å². The van der Waals surface area contributed by atoms with Gasteiger partial charge in [-0.15, -0.1) is 0 Å². The number of hydrogen-bond acceptors (Lipinski definition) is 3. The summed E-state index contributed by atoms with van der Waals surface area (Å²) in [6.45, 7) is 5.19. The van der Waals surface area contributed by atoms with Crippen LogP contribution in [0.5, 0.6) is 11.5 Å². The predicted molar refractivity (Wildman–Crippen MR) is 85.9 cm³/mol. The summed E-state index contributed by atoms with van der Waals surface area (Å²) in [4.78, 5) is 12.4. The lowest BCUT2D eigenvalue weighted by Crippen LogP contribution is -2.13. The van der Waals surface area contributed by atoms with Gasteiger partial charge in [0.2, 0.25) is 0 Å². The lowest BCUT2D eigenvalue weighted by Gasteiger charge is -2.11. The van der Waals surface area contributed by atoms with Crippen molar-refractivity contribution in [2.45, 2.75) is 20.3 Å². The molecule has 1 aliphatic rings. The SMILES string of the molecule is Cc1ccc(C)c(C(=O)Nc2ccc3c(c2)OCCCO3)c1. The van der Waals surface area contributed by atoms with Crippen molar-refractivity contribution in [1.82, 2.24) is 0 Å². The maximum Gasteiger partial charge on any atom is 0.255 e. The molecular formula is C18H19NO3. The molecule has 0 atom stereocenters. The standard InChI is InChI=1S/C18H19NO3/c1-12-4-5-13(2)15(10-12)18(20)19-14-6-7-16-17(11-14)22-9-3-8-21-16/h4-7,10-11H,3,8-9H2,1-2H3,(H,19,20). The Kier molecular flexibility index (Phi) is 4.00. The Morgan fingerprint density at radius 3 is 2.59 bits per heavy atom. The van der Waals surface area contributed by atoms with Crippen LogP contribution < -0.4 is 14.8 Å². The fraction of sp³-hybridized carbons (Fsp3) is 0.278. The summed E-state index contributed by atoms with van der Waals surface area (Å²) >= 11 is 0. The first kappa shape index (κ1) is 14.4. The van der Waals surface area contributed by atoms with Gasteiger partial charge in [-0.3, -0.25) is 4.79 Å². The smallest absolute Gasteiger partial charge is 0.255 e. The average Bonchev–Trinajstić information content (AvgIpc) is 2.74. The zero-order valence-electron chi connectivity index (χ0n) is 12.8. The van der Waals surface area contributed by atoms with E-state index >= 15 is 0 Å². The Labute approximate surface area is 130 Å². The molecule has 1 amide bonds. The molecule has 0 unspecified atom stereocenters. The zero-order chi connectivity index (χ0) is 15.5. The minimum absolute atomic E-state index is 0.115. The van der Waals surface area contributed by atoms with Gasteiger partial charge in [0.05, 0.1) is 13.2 Å². The Morgan fingerprint density at radius 2 is 1.77 bits per heavy atom. The topological polar surface area (TPSA) is 47.6 Å². The number of ether oxygens (including phenoxy) is 2. The maximum absolute atomic E-state index is 12.4. The van der Waals surface area contributed by atoms with Crippen molar-refractivity contribution >= 4 is 11.6 Å². The molecule has 3 rings (SSSR count). The third-order valence-corrected chi connectivity index (χ3v) is 3.64. The zero-order valence-corrected chi connectivity index (χ0v) is 12.8. The minimum Gasteiger partial charge on any atom is -0.490 e. The molecule has 2 aromatic rings. The van der Waals surface area contributed by atoms with E-state index in [2.05, 4.69) is 5.32 Å². The molecule has 0 saturated heterocycles. The van der Waals surface area contributed by atoms with Crippen LogP contribution in [0.1, 0.15) is 27.9 Å². The van der Waals surface area contributed by atoms with Crippen molar-refractivity contribution in [2.75, 3.05) is 18.5 Å². The first-order chi connectivity index (χ1) is 10.6. The summed E-state index contributed by atoms with van der Waals surface area (Å²) in [6, 6.07) is 11.3. The molecule has 0 aliphatic carbocycles. The number of anilines is 1. The van der Waals surface area contributed by atoms with Crippen LogP contribution in [-0.2, 0) is 0 Å². The van der Waals surface area contributed by atoms with Crippen molar-refractivity contribution < 1.29 is 14.3 Å². The highest BCUT2D eigenvalue weighted by Gasteiger charge is 2.13. The molecule has 0 aromatic heterocycles. The summed E-state index contributed by atoms with van der Waals surface area (Å²) in [5.74, 6) is 1.29. The normalized spacial score (nSPS) is 13.4. The Morgan fingerprint density at radius 1 is 1.00 bits per heavy atom. The third kappa shape index (κ3) is 3.06. The Hall–Kier alpha value is -2.49. The highest BCUT2D eigenvalue weighted by atomic mass is 16.5. The molecule has 22 heavy (non-hydrogen) atoms. The van der Waals surface area contributed by atoms with E-state index in [-0.39, 0.29) is 5.91 Å². The lowest BCUT2D eigenvalue weighted by molar-refractivity contribution is 0.102. The summed E-state index contributed by atoms with van der Waals surface area (Å²) < 4.78 is 11.2. The van der Waals surface area contributed by atoms with Gasteiger partial charge >= 0.3 is 0 Å². The molecule has 0 spiro atoms. The van der Waals surface area contributed by atoms with Crippen molar-refractivity contribution in [2.24, 2.45) is 0 Å². The average molecular weight is 297 g/mol. The number of carbonyl (C=O) groups excluding carboxylic acids is 1. The maximum atomic E-state index is 12.4. The van der Waals surface area contributed by atoms with Gasteiger partial charge in [-0.25, -0.2) is 0 Å². The fourth-order valence-corrected chi connectivity index (χ4v) is 2.42. The molecule has 2 aromatic carbocycles. The molecule has 0 bridgehead atoms. The minimum atomic E-state index is -0.115. The Balaban J connectivity index is 1.82. The number of rotatable bonds is 2. The van der Waals surface area contributed by atoms with E-state index in [1.807, 2.05) is 50.2 Å². The molecule has 1 heterocycles. The van der Waals surface area contributed by atoms with Crippen LogP contribution in [0.4, 0.5) is 5.69 Å². The third-order valence-electron chi connectivity index (χ3n) is 3.64. The van der Waals surface area contributed by atoms with Gasteiger partial charge in [-0.1, -0.05) is 17.7 Å². The van der Waals surface area contributed by atoms with E-state index in [4.69, 9.17) is 9.47 Å². The number of amides is 1. The summed E-state index contributed by atoms with van der Waals surface area (Å²) in [6.07, 6.45) is 0.860. The molecule has 1 aliphatic heterocycles. The van der Waals surface area contributed by atoms with Crippen molar-refractivity contribution in [3.63, 3.8) is 0 Å². The quantitative estimate of drug-likeness (QED) is 0.919. The van der Waals surface area contributed by atoms with Gasteiger partial charge < -0.3 is 14.8 Å². The summed E-state index contributed by atoms with van der Waals surface area (Å²) in [5, 5.41) is 2.92. The van der Waals surface area contributed by atoms with Gasteiger partial charge in [-0.05, 0) is 37.6 Å². The number of nitrogens with one attached hydrogen (secondary N) is 1. The number of aryl methyl sites for hydroxylation is 2. The van der Waals surface area contributed by atoms with E-state index in [0.717, 1.165) is 23.3 Å². The number of carbonyl (C=O) groups is 1. The Bertz CT molecular complexity index is 709. The van der Waals surface area contributed by atoms with Crippen molar-refractivity contribution in [3.8, 4) is 11.5 Å². The number of benzene rings is 2. The second-order valence-corrected chi connectivity index (χ2v) is 5.48. The van der Waals surface area contributed by atoms with E-state index in [0.29, 0.717) is 30.2 Å². The van der Waals surface area contributed by atoms with Crippen LogP contribution in [0.3, 0.4) is 0 Å². The summed E-state index contributed by atoms with van der Waals surface area (Å²) in [5.41, 5.74) is 3.41. The lowest BCUT2D eigenvalue weighted by atomic mass is 10.0. The highest BCUT2D eigenvalue weighted by molar-refractivity contribution is 6.05.